The third kappa shape index (κ3) is 2.54. The van der Waals surface area contributed by atoms with Gasteiger partial charge in [0.2, 0.25) is 0 Å². The molecule has 0 spiro atoms. The zero-order valence-corrected chi connectivity index (χ0v) is 14.7. The largest absolute Gasteiger partial charge is 0.496 e. The molecule has 1 aromatic rings. The Kier molecular flexibility index (Phi) is 3.90. The lowest BCUT2D eigenvalue weighted by Gasteiger charge is -2.46. The van der Waals surface area contributed by atoms with Gasteiger partial charge in [-0.15, -0.1) is 0 Å². The van der Waals surface area contributed by atoms with Crippen molar-refractivity contribution < 1.29 is 14.3 Å². The Morgan fingerprint density at radius 3 is 2.58 bits per heavy atom. The average Bonchev–Trinajstić information content (AvgIpc) is 3.07. The number of fused-ring (bicyclic) bond motifs is 4. The molecule has 3 saturated carbocycles. The van der Waals surface area contributed by atoms with E-state index in [2.05, 4.69) is 6.07 Å². The predicted octanol–water partition coefficient (Wildman–Crippen LogP) is 4.46. The van der Waals surface area contributed by atoms with Crippen molar-refractivity contribution in [3.05, 3.63) is 34.9 Å². The van der Waals surface area contributed by atoms with Crippen LogP contribution in [0.1, 0.15) is 55.2 Å². The number of methoxy groups -OCH3 is 1. The first-order chi connectivity index (χ1) is 11.6. The van der Waals surface area contributed by atoms with Gasteiger partial charge in [-0.25, -0.2) is 4.79 Å². The summed E-state index contributed by atoms with van der Waals surface area (Å²) in [4.78, 5) is 12.7. The van der Waals surface area contributed by atoms with E-state index in [1.807, 2.05) is 19.1 Å². The number of allylic oxidation sites excluding steroid dienone is 1. The third-order valence-corrected chi connectivity index (χ3v) is 6.50. The standard InChI is InChI=1S/C21H26O3/c1-14-18(23-2)6-4-16-3-5-17(19(14)16)20(22)24-13-21-10-7-15(8-11-21)9-12-21/h4-6,15H,3,7-13H2,1-2H3. The highest BCUT2D eigenvalue weighted by Gasteiger charge is 2.41. The monoisotopic (exact) mass is 326 g/mol. The Morgan fingerprint density at radius 1 is 1.21 bits per heavy atom. The second-order valence-electron chi connectivity index (χ2n) is 7.81. The maximum absolute atomic E-state index is 12.7. The molecular formula is C21H26O3. The molecule has 4 aliphatic carbocycles. The predicted molar refractivity (Wildman–Crippen MR) is 94.0 cm³/mol. The average molecular weight is 326 g/mol. The van der Waals surface area contributed by atoms with Crippen LogP contribution in [0.25, 0.3) is 5.57 Å². The van der Waals surface area contributed by atoms with Crippen LogP contribution in [0.2, 0.25) is 0 Å². The molecule has 128 valence electrons. The van der Waals surface area contributed by atoms with Crippen LogP contribution in [0.5, 0.6) is 5.75 Å². The molecule has 24 heavy (non-hydrogen) atoms. The van der Waals surface area contributed by atoms with Crippen molar-refractivity contribution in [1.82, 2.24) is 0 Å². The van der Waals surface area contributed by atoms with Crippen molar-refractivity contribution in [2.24, 2.45) is 11.3 Å². The summed E-state index contributed by atoms with van der Waals surface area (Å²) in [6, 6.07) is 4.04. The molecule has 2 bridgehead atoms. The van der Waals surface area contributed by atoms with E-state index in [0.29, 0.717) is 6.61 Å². The van der Waals surface area contributed by atoms with Gasteiger partial charge in [-0.05, 0) is 80.5 Å². The van der Waals surface area contributed by atoms with Gasteiger partial charge in [0.05, 0.1) is 19.3 Å². The van der Waals surface area contributed by atoms with Gasteiger partial charge in [-0.1, -0.05) is 12.1 Å². The number of hydrogen-bond donors (Lipinski definition) is 0. The summed E-state index contributed by atoms with van der Waals surface area (Å²) < 4.78 is 11.2. The maximum atomic E-state index is 12.7. The van der Waals surface area contributed by atoms with Gasteiger partial charge >= 0.3 is 5.97 Å². The van der Waals surface area contributed by atoms with Crippen LogP contribution >= 0.6 is 0 Å². The van der Waals surface area contributed by atoms with Crippen molar-refractivity contribution in [2.45, 2.75) is 51.9 Å². The van der Waals surface area contributed by atoms with E-state index in [4.69, 9.17) is 9.47 Å². The first-order valence-corrected chi connectivity index (χ1v) is 9.16. The topological polar surface area (TPSA) is 35.5 Å². The smallest absolute Gasteiger partial charge is 0.338 e. The highest BCUT2D eigenvalue weighted by atomic mass is 16.5. The number of ether oxygens (including phenoxy) is 2. The molecule has 1 aromatic carbocycles. The van der Waals surface area contributed by atoms with Gasteiger partial charge in [-0.3, -0.25) is 0 Å². The van der Waals surface area contributed by atoms with Crippen molar-refractivity contribution in [3.63, 3.8) is 0 Å². The summed E-state index contributed by atoms with van der Waals surface area (Å²) in [6.07, 6.45) is 10.5. The van der Waals surface area contributed by atoms with Gasteiger partial charge in [0.1, 0.15) is 5.75 Å². The van der Waals surface area contributed by atoms with Crippen LogP contribution in [-0.2, 0) is 16.0 Å². The lowest BCUT2D eigenvalue weighted by atomic mass is 9.61. The second-order valence-corrected chi connectivity index (χ2v) is 7.81. The van der Waals surface area contributed by atoms with Crippen LogP contribution in [0.15, 0.2) is 18.2 Å². The molecule has 0 radical (unpaired) electrons. The highest BCUT2D eigenvalue weighted by Crippen LogP contribution is 2.50. The molecule has 0 atom stereocenters. The molecule has 0 amide bonds. The summed E-state index contributed by atoms with van der Waals surface area (Å²) in [5.74, 6) is 1.60. The van der Waals surface area contributed by atoms with E-state index in [1.54, 1.807) is 7.11 Å². The van der Waals surface area contributed by atoms with Crippen LogP contribution in [0.3, 0.4) is 0 Å². The van der Waals surface area contributed by atoms with E-state index >= 15 is 0 Å². The van der Waals surface area contributed by atoms with E-state index in [-0.39, 0.29) is 11.4 Å². The van der Waals surface area contributed by atoms with E-state index in [9.17, 15) is 4.79 Å². The highest BCUT2D eigenvalue weighted by molar-refractivity contribution is 6.18. The number of benzene rings is 1. The lowest BCUT2D eigenvalue weighted by molar-refractivity contribution is -0.142. The first-order valence-electron chi connectivity index (χ1n) is 9.16. The summed E-state index contributed by atoms with van der Waals surface area (Å²) >= 11 is 0. The third-order valence-electron chi connectivity index (χ3n) is 6.50. The second kappa shape index (κ2) is 5.94. The molecule has 5 rings (SSSR count). The quantitative estimate of drug-likeness (QED) is 0.767. The number of hydrogen-bond acceptors (Lipinski definition) is 3. The van der Waals surface area contributed by atoms with Crippen LogP contribution in [0.4, 0.5) is 0 Å². The lowest BCUT2D eigenvalue weighted by Crippen LogP contribution is -2.38. The summed E-state index contributed by atoms with van der Waals surface area (Å²) in [5.41, 5.74) is 4.23. The summed E-state index contributed by atoms with van der Waals surface area (Å²) in [6.45, 7) is 2.61. The molecule has 0 saturated heterocycles. The zero-order chi connectivity index (χ0) is 16.7. The normalized spacial score (nSPS) is 27.6. The number of carbonyl (C=O) groups is 1. The minimum atomic E-state index is -0.160. The molecule has 4 aliphatic rings. The SMILES string of the molecule is COc1ccc2c(c1C)C(C(=O)OCC13CCC(CC1)CC3)=CC2. The molecule has 3 heteroatoms. The Balaban J connectivity index is 1.49. The number of carbonyl (C=O) groups excluding carboxylic acids is 1. The fourth-order valence-electron chi connectivity index (χ4n) is 4.87. The summed E-state index contributed by atoms with van der Waals surface area (Å²) in [5, 5.41) is 0. The van der Waals surface area contributed by atoms with Gasteiger partial charge in [0.25, 0.3) is 0 Å². The summed E-state index contributed by atoms with van der Waals surface area (Å²) in [7, 11) is 1.67. The van der Waals surface area contributed by atoms with E-state index < -0.39 is 0 Å². The van der Waals surface area contributed by atoms with Crippen LogP contribution in [-0.4, -0.2) is 19.7 Å². The van der Waals surface area contributed by atoms with Crippen molar-refractivity contribution >= 4 is 11.5 Å². The molecule has 3 fully saturated rings. The van der Waals surface area contributed by atoms with Crippen molar-refractivity contribution in [1.29, 1.82) is 0 Å². The van der Waals surface area contributed by atoms with Gasteiger partial charge < -0.3 is 9.47 Å². The fraction of sp³-hybridized carbons (Fsp3) is 0.571. The maximum Gasteiger partial charge on any atom is 0.338 e. The molecule has 0 N–H and O–H groups in total. The molecule has 3 nitrogen and oxygen atoms in total. The molecular weight excluding hydrogens is 300 g/mol. The van der Waals surface area contributed by atoms with Crippen LogP contribution in [0, 0.1) is 18.3 Å². The first kappa shape index (κ1) is 15.7. The fourth-order valence-corrected chi connectivity index (χ4v) is 4.87. The van der Waals surface area contributed by atoms with Gasteiger partial charge in [0, 0.05) is 5.41 Å². The van der Waals surface area contributed by atoms with Crippen molar-refractivity contribution in [2.75, 3.05) is 13.7 Å². The number of esters is 1. The van der Waals surface area contributed by atoms with Crippen LogP contribution < -0.4 is 4.74 Å². The van der Waals surface area contributed by atoms with E-state index in [0.717, 1.165) is 34.8 Å². The Hall–Kier alpha value is -1.77. The molecule has 0 aromatic heterocycles. The number of rotatable bonds is 4. The molecule has 0 heterocycles. The van der Waals surface area contributed by atoms with Gasteiger partial charge in [-0.2, -0.15) is 0 Å². The van der Waals surface area contributed by atoms with Gasteiger partial charge in [0.15, 0.2) is 0 Å². The molecule has 0 aliphatic heterocycles. The van der Waals surface area contributed by atoms with E-state index in [1.165, 1.54) is 44.1 Å². The Morgan fingerprint density at radius 2 is 1.92 bits per heavy atom. The Bertz CT molecular complexity index is 680. The minimum absolute atomic E-state index is 0.160. The Labute approximate surface area is 144 Å². The molecule has 0 unspecified atom stereocenters. The van der Waals surface area contributed by atoms with Crippen molar-refractivity contribution in [3.8, 4) is 5.75 Å². The zero-order valence-electron chi connectivity index (χ0n) is 14.7. The minimum Gasteiger partial charge on any atom is -0.496 e.